The fourth-order valence-electron chi connectivity index (χ4n) is 1.83. The van der Waals surface area contributed by atoms with Gasteiger partial charge in [-0.05, 0) is 31.0 Å². The van der Waals surface area contributed by atoms with Crippen LogP contribution in [-0.2, 0) is 4.74 Å². The molecule has 0 bridgehead atoms. The van der Waals surface area contributed by atoms with Gasteiger partial charge in [0, 0.05) is 31.8 Å². The molecule has 1 aliphatic rings. The zero-order valence-corrected chi connectivity index (χ0v) is 9.49. The lowest BCUT2D eigenvalue weighted by Crippen LogP contribution is -2.26. The van der Waals surface area contributed by atoms with Gasteiger partial charge >= 0.3 is 0 Å². The van der Waals surface area contributed by atoms with E-state index in [1.54, 1.807) is 0 Å². The lowest BCUT2D eigenvalue weighted by molar-refractivity contribution is 0.111. The van der Waals surface area contributed by atoms with E-state index in [4.69, 9.17) is 4.74 Å². The van der Waals surface area contributed by atoms with Crippen molar-refractivity contribution in [2.75, 3.05) is 19.7 Å². The maximum atomic E-state index is 5.52. The summed E-state index contributed by atoms with van der Waals surface area (Å²) in [5.74, 6) is 0. The predicted octanol–water partition coefficient (Wildman–Crippen LogP) is 2.16. The van der Waals surface area contributed by atoms with Gasteiger partial charge in [0.2, 0.25) is 0 Å². The molecule has 0 amide bonds. The predicted molar refractivity (Wildman–Crippen MR) is 65.2 cm³/mol. The first-order chi connectivity index (χ1) is 7.95. The average molecular weight is 216 g/mol. The molecule has 16 heavy (non-hydrogen) atoms. The van der Waals surface area contributed by atoms with E-state index in [0.29, 0.717) is 6.10 Å². The van der Waals surface area contributed by atoms with Crippen molar-refractivity contribution in [3.63, 3.8) is 0 Å². The first kappa shape index (κ1) is 11.3. The second-order valence-corrected chi connectivity index (χ2v) is 4.01. The van der Waals surface area contributed by atoms with Gasteiger partial charge in [-0.15, -0.1) is 0 Å². The molecule has 0 aromatic heterocycles. The van der Waals surface area contributed by atoms with Crippen LogP contribution in [0.4, 0.5) is 0 Å². The van der Waals surface area contributed by atoms with Crippen LogP contribution in [0.1, 0.15) is 18.4 Å². The number of hydrogen-bond acceptors (Lipinski definition) is 2. The van der Waals surface area contributed by atoms with Crippen LogP contribution in [-0.4, -0.2) is 25.8 Å². The highest BCUT2D eigenvalue weighted by molar-refractivity contribution is 5.21. The van der Waals surface area contributed by atoms with Crippen molar-refractivity contribution >= 4 is 0 Å². The summed E-state index contributed by atoms with van der Waals surface area (Å²) in [5.41, 5.74) is 1.13. The smallest absolute Gasteiger partial charge is 0.188 e. The van der Waals surface area contributed by atoms with Gasteiger partial charge in [0.05, 0.1) is 18.2 Å². The molecule has 1 saturated heterocycles. The van der Waals surface area contributed by atoms with Crippen LogP contribution >= 0.6 is 0 Å². The van der Waals surface area contributed by atoms with Gasteiger partial charge in [0.15, 0.2) is 5.56 Å². The molecular weight excluding hydrogens is 198 g/mol. The summed E-state index contributed by atoms with van der Waals surface area (Å²) in [6.07, 6.45) is 8.10. The van der Waals surface area contributed by atoms with Crippen LogP contribution in [0, 0.1) is 6.08 Å². The Balaban J connectivity index is 1.62. The maximum absolute atomic E-state index is 5.52. The first-order valence-electron chi connectivity index (χ1n) is 5.91. The topological polar surface area (TPSA) is 21.3 Å². The number of nitrogens with one attached hydrogen (secondary N) is 1. The minimum atomic E-state index is 0.421. The van der Waals surface area contributed by atoms with Gasteiger partial charge in [0.25, 0.3) is 0 Å². The third-order valence-corrected chi connectivity index (χ3v) is 2.68. The quantitative estimate of drug-likeness (QED) is 0.601. The van der Waals surface area contributed by atoms with Crippen molar-refractivity contribution in [1.82, 2.24) is 5.32 Å². The van der Waals surface area contributed by atoms with E-state index in [0.717, 1.165) is 25.3 Å². The van der Waals surface area contributed by atoms with E-state index in [2.05, 4.69) is 23.5 Å². The van der Waals surface area contributed by atoms with E-state index in [1.807, 2.05) is 24.3 Å². The van der Waals surface area contributed by atoms with E-state index in [1.165, 1.54) is 12.8 Å². The molecule has 1 aromatic rings. The molecular formula is C14H18NO+. The first-order valence-corrected chi connectivity index (χ1v) is 5.91. The van der Waals surface area contributed by atoms with Crippen molar-refractivity contribution in [2.45, 2.75) is 18.9 Å². The van der Waals surface area contributed by atoms with Crippen LogP contribution in [0.3, 0.4) is 0 Å². The molecule has 2 nitrogen and oxygen atoms in total. The highest BCUT2D eigenvalue weighted by Gasteiger charge is 2.13. The molecule has 0 aliphatic carbocycles. The summed E-state index contributed by atoms with van der Waals surface area (Å²) in [7, 11) is 0. The maximum Gasteiger partial charge on any atom is 0.188 e. The van der Waals surface area contributed by atoms with Crippen LogP contribution in [0.25, 0.3) is 0 Å². The molecule has 1 unspecified atom stereocenters. The summed E-state index contributed by atoms with van der Waals surface area (Å²) in [5, 5.41) is 3.35. The zero-order chi connectivity index (χ0) is 11.1. The number of ether oxygens (including phenoxy) is 1. The molecule has 2 heteroatoms. The van der Waals surface area contributed by atoms with Crippen molar-refractivity contribution in [1.29, 1.82) is 0 Å². The lowest BCUT2D eigenvalue weighted by Gasteiger charge is -2.07. The number of benzene rings is 1. The van der Waals surface area contributed by atoms with Crippen LogP contribution in [0.15, 0.2) is 36.4 Å². The van der Waals surface area contributed by atoms with Gasteiger partial charge in [-0.1, -0.05) is 0 Å². The van der Waals surface area contributed by atoms with E-state index in [-0.39, 0.29) is 0 Å². The minimum Gasteiger partial charge on any atom is -0.377 e. The Hall–Kier alpha value is -1.21. The molecule has 1 fully saturated rings. The number of hydrogen-bond donors (Lipinski definition) is 1. The molecule has 1 heterocycles. The van der Waals surface area contributed by atoms with Gasteiger partial charge in [0.1, 0.15) is 0 Å². The Morgan fingerprint density at radius 3 is 3.00 bits per heavy atom. The van der Waals surface area contributed by atoms with E-state index >= 15 is 0 Å². The second kappa shape index (κ2) is 6.39. The summed E-state index contributed by atoms with van der Waals surface area (Å²) >= 11 is 0. The van der Waals surface area contributed by atoms with Crippen molar-refractivity contribution in [3.8, 4) is 0 Å². The van der Waals surface area contributed by atoms with Crippen molar-refractivity contribution in [3.05, 3.63) is 48.0 Å². The highest BCUT2D eigenvalue weighted by Crippen LogP contribution is 2.10. The third kappa shape index (κ3) is 3.74. The normalized spacial score (nSPS) is 20.1. The monoisotopic (exact) mass is 216 g/mol. The number of rotatable bonds is 5. The standard InChI is InChI=1S/C14H18NO/c1-2-6-13(7-3-1)8-4-10-15-12-14-9-5-11-16-14/h1-4,6-7,14-15H,5,9-12H2/q+1. The molecule has 0 spiro atoms. The summed E-state index contributed by atoms with van der Waals surface area (Å²) in [6, 6.07) is 10.2. The Labute approximate surface area is 97.3 Å². The molecule has 1 N–H and O–H groups in total. The van der Waals surface area contributed by atoms with Crippen molar-refractivity contribution < 1.29 is 4.74 Å². The van der Waals surface area contributed by atoms with Crippen LogP contribution < -0.4 is 5.32 Å². The molecule has 0 saturated carbocycles. The van der Waals surface area contributed by atoms with Gasteiger partial charge in [-0.2, -0.15) is 0 Å². The van der Waals surface area contributed by atoms with Gasteiger partial charge in [-0.25, -0.2) is 0 Å². The van der Waals surface area contributed by atoms with Crippen LogP contribution in [0.5, 0.6) is 0 Å². The SMILES string of the molecule is [C+](=CCNCC1CCCO1)c1ccccc1. The lowest BCUT2D eigenvalue weighted by atomic mass is 10.2. The minimum absolute atomic E-state index is 0.421. The molecule has 0 radical (unpaired) electrons. The van der Waals surface area contributed by atoms with Crippen LogP contribution in [0.2, 0.25) is 0 Å². The van der Waals surface area contributed by atoms with Gasteiger partial charge < -0.3 is 10.1 Å². The summed E-state index contributed by atoms with van der Waals surface area (Å²) in [6.45, 7) is 2.74. The Bertz CT molecular complexity index is 315. The Morgan fingerprint density at radius 1 is 1.38 bits per heavy atom. The van der Waals surface area contributed by atoms with E-state index < -0.39 is 0 Å². The molecule has 1 aliphatic heterocycles. The summed E-state index contributed by atoms with van der Waals surface area (Å²) < 4.78 is 5.52. The van der Waals surface area contributed by atoms with Crippen molar-refractivity contribution in [2.24, 2.45) is 0 Å². The molecule has 1 atom stereocenters. The summed E-state index contributed by atoms with van der Waals surface area (Å²) in [4.78, 5) is 0. The molecule has 1 aromatic carbocycles. The Morgan fingerprint density at radius 2 is 2.25 bits per heavy atom. The fourth-order valence-corrected chi connectivity index (χ4v) is 1.83. The zero-order valence-electron chi connectivity index (χ0n) is 9.49. The van der Waals surface area contributed by atoms with Gasteiger partial charge in [-0.3, -0.25) is 0 Å². The highest BCUT2D eigenvalue weighted by atomic mass is 16.5. The molecule has 84 valence electrons. The Kier molecular flexibility index (Phi) is 4.50. The average Bonchev–Trinajstić information content (AvgIpc) is 2.83. The molecule has 2 rings (SSSR count). The second-order valence-electron chi connectivity index (χ2n) is 4.01. The fraction of sp³-hybridized carbons (Fsp3) is 0.429. The van der Waals surface area contributed by atoms with E-state index in [9.17, 15) is 0 Å². The largest absolute Gasteiger partial charge is 0.377 e. The third-order valence-electron chi connectivity index (χ3n) is 2.68.